The number of hydrogen-bond acceptors (Lipinski definition) is 5. The molecule has 1 aromatic heterocycles. The molecule has 0 amide bonds. The molecule has 0 saturated carbocycles. The van der Waals surface area contributed by atoms with Gasteiger partial charge in [-0.3, -0.25) is 0 Å². The molecule has 1 heterocycles. The summed E-state index contributed by atoms with van der Waals surface area (Å²) in [5, 5.41) is 5.38. The molecular formula is C14H15N3O2S. The van der Waals surface area contributed by atoms with E-state index in [-0.39, 0.29) is 11.9 Å². The Balaban J connectivity index is 2.17. The Morgan fingerprint density at radius 1 is 1.35 bits per heavy atom. The van der Waals surface area contributed by atoms with Crippen LogP contribution in [0.5, 0.6) is 0 Å². The first-order valence-electron chi connectivity index (χ1n) is 5.98. The summed E-state index contributed by atoms with van der Waals surface area (Å²) in [5.41, 5.74) is 13.6. The van der Waals surface area contributed by atoms with Gasteiger partial charge < -0.3 is 16.3 Å². The summed E-state index contributed by atoms with van der Waals surface area (Å²) in [5.74, 6) is -0.354. The molecule has 0 fully saturated rings. The smallest absolute Gasteiger partial charge is 0.332 e. The molecule has 4 N–H and O–H groups in total. The van der Waals surface area contributed by atoms with Gasteiger partial charge in [0.15, 0.2) is 5.84 Å². The summed E-state index contributed by atoms with van der Waals surface area (Å²) in [6, 6.07) is 11.4. The van der Waals surface area contributed by atoms with E-state index in [1.165, 1.54) is 18.3 Å². The predicted octanol–water partition coefficient (Wildman–Crippen LogP) is 1.98. The number of oxime groups is 1. The van der Waals surface area contributed by atoms with E-state index < -0.39 is 5.97 Å². The van der Waals surface area contributed by atoms with Crippen LogP contribution in [0.1, 0.15) is 29.0 Å². The van der Waals surface area contributed by atoms with Crippen LogP contribution in [0, 0.1) is 0 Å². The van der Waals surface area contributed by atoms with E-state index >= 15 is 0 Å². The number of rotatable bonds is 4. The van der Waals surface area contributed by atoms with Crippen molar-refractivity contribution < 1.29 is 9.63 Å². The van der Waals surface area contributed by atoms with E-state index in [1.807, 2.05) is 41.8 Å². The fourth-order valence-electron chi connectivity index (χ4n) is 1.64. The Morgan fingerprint density at radius 3 is 2.70 bits per heavy atom. The molecule has 2 rings (SSSR count). The van der Waals surface area contributed by atoms with Crippen LogP contribution in [0.4, 0.5) is 0 Å². The van der Waals surface area contributed by atoms with Crippen LogP contribution < -0.4 is 11.5 Å². The van der Waals surface area contributed by atoms with Crippen molar-refractivity contribution in [3.8, 4) is 0 Å². The van der Waals surface area contributed by atoms with E-state index in [1.54, 1.807) is 0 Å². The maximum atomic E-state index is 10.7. The molecule has 2 aromatic rings. The average Bonchev–Trinajstić information content (AvgIpc) is 2.94. The average molecular weight is 289 g/mol. The Labute approximate surface area is 120 Å². The third kappa shape index (κ3) is 3.43. The van der Waals surface area contributed by atoms with Gasteiger partial charge in [-0.2, -0.15) is 0 Å². The van der Waals surface area contributed by atoms with Gasteiger partial charge in [0.2, 0.25) is 0 Å². The van der Waals surface area contributed by atoms with Crippen molar-refractivity contribution in [2.45, 2.75) is 13.0 Å². The highest BCUT2D eigenvalue weighted by Gasteiger charge is 2.12. The van der Waals surface area contributed by atoms with Gasteiger partial charge in [0.05, 0.1) is 6.04 Å². The summed E-state index contributed by atoms with van der Waals surface area (Å²) in [6.45, 7) is 1.27. The van der Waals surface area contributed by atoms with Crippen LogP contribution in [0.3, 0.4) is 0 Å². The van der Waals surface area contributed by atoms with Gasteiger partial charge in [-0.05, 0) is 11.6 Å². The number of carbonyl (C=O) groups excluding carboxylic acids is 1. The van der Waals surface area contributed by atoms with Crippen molar-refractivity contribution in [2.24, 2.45) is 16.6 Å². The Hall–Kier alpha value is -2.18. The molecule has 20 heavy (non-hydrogen) atoms. The molecule has 1 unspecified atom stereocenters. The van der Waals surface area contributed by atoms with Gasteiger partial charge in [-0.1, -0.05) is 35.5 Å². The van der Waals surface area contributed by atoms with Crippen molar-refractivity contribution in [2.75, 3.05) is 0 Å². The number of nitrogens with zero attached hydrogens (tertiary/aromatic N) is 1. The molecule has 0 aliphatic heterocycles. The molecule has 6 heteroatoms. The van der Waals surface area contributed by atoms with Gasteiger partial charge in [-0.15, -0.1) is 11.3 Å². The topological polar surface area (TPSA) is 90.7 Å². The fraction of sp³-hybridized carbons (Fsp3) is 0.143. The minimum absolute atomic E-state index is 0.156. The highest BCUT2D eigenvalue weighted by Crippen LogP contribution is 2.25. The molecule has 0 aliphatic rings. The highest BCUT2D eigenvalue weighted by molar-refractivity contribution is 7.10. The van der Waals surface area contributed by atoms with E-state index in [4.69, 9.17) is 11.5 Å². The van der Waals surface area contributed by atoms with Gasteiger partial charge >= 0.3 is 5.97 Å². The molecule has 1 aromatic carbocycles. The van der Waals surface area contributed by atoms with Crippen LogP contribution in [0.2, 0.25) is 0 Å². The van der Waals surface area contributed by atoms with Crippen LogP contribution in [0.15, 0.2) is 46.9 Å². The van der Waals surface area contributed by atoms with E-state index in [0.717, 1.165) is 10.4 Å². The SMILES string of the molecule is CC(=O)ON=C(N)c1csc(C(N)c2ccccc2)c1. The van der Waals surface area contributed by atoms with Crippen molar-refractivity contribution >= 4 is 23.1 Å². The zero-order valence-electron chi connectivity index (χ0n) is 10.9. The molecule has 0 radical (unpaired) electrons. The maximum absolute atomic E-state index is 10.7. The first kappa shape index (κ1) is 14.2. The first-order chi connectivity index (χ1) is 9.58. The summed E-state index contributed by atoms with van der Waals surface area (Å²) in [6.07, 6.45) is 0. The van der Waals surface area contributed by atoms with E-state index in [2.05, 4.69) is 9.99 Å². The Morgan fingerprint density at radius 2 is 2.05 bits per heavy atom. The fourth-order valence-corrected chi connectivity index (χ4v) is 2.57. The van der Waals surface area contributed by atoms with Crippen LogP contribution in [-0.2, 0) is 9.63 Å². The van der Waals surface area contributed by atoms with Crippen molar-refractivity contribution in [1.82, 2.24) is 0 Å². The van der Waals surface area contributed by atoms with Crippen LogP contribution in [0.25, 0.3) is 0 Å². The third-order valence-electron chi connectivity index (χ3n) is 2.65. The summed E-state index contributed by atoms with van der Waals surface area (Å²) in [4.78, 5) is 16.2. The van der Waals surface area contributed by atoms with Crippen molar-refractivity contribution in [3.05, 3.63) is 57.8 Å². The third-order valence-corrected chi connectivity index (χ3v) is 3.67. The summed E-state index contributed by atoms with van der Waals surface area (Å²) >= 11 is 1.49. The standard InChI is InChI=1S/C14H15N3O2S/c1-9(18)19-17-14(16)11-7-12(20-8-11)13(15)10-5-3-2-4-6-10/h2-8,13H,15H2,1H3,(H2,16,17). The van der Waals surface area contributed by atoms with Crippen LogP contribution in [-0.4, -0.2) is 11.8 Å². The summed E-state index contributed by atoms with van der Waals surface area (Å²) in [7, 11) is 0. The lowest BCUT2D eigenvalue weighted by Crippen LogP contribution is -2.14. The number of thiophene rings is 1. The number of carbonyl (C=O) groups is 1. The maximum Gasteiger partial charge on any atom is 0.332 e. The molecule has 0 saturated heterocycles. The second-order valence-corrected chi connectivity index (χ2v) is 5.13. The number of hydrogen-bond donors (Lipinski definition) is 2. The van der Waals surface area contributed by atoms with Crippen LogP contribution >= 0.6 is 11.3 Å². The van der Waals surface area contributed by atoms with Crippen molar-refractivity contribution in [1.29, 1.82) is 0 Å². The summed E-state index contributed by atoms with van der Waals surface area (Å²) < 4.78 is 0. The van der Waals surface area contributed by atoms with Gasteiger partial charge in [0.25, 0.3) is 0 Å². The number of amidine groups is 1. The molecule has 0 bridgehead atoms. The van der Waals surface area contributed by atoms with Gasteiger partial charge in [-0.25, -0.2) is 4.79 Å². The lowest BCUT2D eigenvalue weighted by molar-refractivity contribution is -0.140. The monoisotopic (exact) mass is 289 g/mol. The largest absolute Gasteiger partial charge is 0.380 e. The highest BCUT2D eigenvalue weighted by atomic mass is 32.1. The second-order valence-electron chi connectivity index (χ2n) is 4.19. The minimum Gasteiger partial charge on any atom is -0.380 e. The Kier molecular flexibility index (Phi) is 4.49. The number of nitrogens with two attached hydrogens (primary N) is 2. The van der Waals surface area contributed by atoms with Crippen molar-refractivity contribution in [3.63, 3.8) is 0 Å². The first-order valence-corrected chi connectivity index (χ1v) is 6.86. The molecular weight excluding hydrogens is 274 g/mol. The zero-order chi connectivity index (χ0) is 14.5. The molecule has 0 spiro atoms. The minimum atomic E-state index is -0.510. The second kappa shape index (κ2) is 6.31. The quantitative estimate of drug-likeness (QED) is 0.390. The zero-order valence-corrected chi connectivity index (χ0v) is 11.8. The molecule has 5 nitrogen and oxygen atoms in total. The number of benzene rings is 1. The predicted molar refractivity (Wildman–Crippen MR) is 79.3 cm³/mol. The lowest BCUT2D eigenvalue weighted by Gasteiger charge is -2.09. The van der Waals surface area contributed by atoms with E-state index in [9.17, 15) is 4.79 Å². The lowest BCUT2D eigenvalue weighted by atomic mass is 10.1. The van der Waals surface area contributed by atoms with E-state index in [0.29, 0.717) is 5.56 Å². The molecule has 1 atom stereocenters. The normalized spacial score (nSPS) is 13.0. The Bertz CT molecular complexity index is 622. The van der Waals surface area contributed by atoms with Gasteiger partial charge in [0.1, 0.15) is 0 Å². The molecule has 104 valence electrons. The van der Waals surface area contributed by atoms with Gasteiger partial charge in [0, 0.05) is 22.7 Å². The molecule has 0 aliphatic carbocycles.